The summed E-state index contributed by atoms with van der Waals surface area (Å²) in [5, 5.41) is 2.72. The zero-order chi connectivity index (χ0) is 22.4. The van der Waals surface area contributed by atoms with Crippen LogP contribution in [0, 0.1) is 13.8 Å². The van der Waals surface area contributed by atoms with E-state index in [1.54, 1.807) is 39.2 Å². The Kier molecular flexibility index (Phi) is 6.81. The summed E-state index contributed by atoms with van der Waals surface area (Å²) in [6, 6.07) is 11.9. The average molecular weight is 421 g/mol. The number of ether oxygens (including phenoxy) is 3. The van der Waals surface area contributed by atoms with Crippen molar-refractivity contribution in [2.45, 2.75) is 20.8 Å². The van der Waals surface area contributed by atoms with Gasteiger partial charge in [0.25, 0.3) is 5.91 Å². The van der Waals surface area contributed by atoms with E-state index in [0.29, 0.717) is 34.3 Å². The van der Waals surface area contributed by atoms with Crippen molar-refractivity contribution in [3.8, 4) is 17.4 Å². The van der Waals surface area contributed by atoms with Gasteiger partial charge in [-0.3, -0.25) is 4.79 Å². The number of aromatic nitrogens is 2. The number of nitrogens with one attached hydrogen (secondary N) is 1. The first kappa shape index (κ1) is 21.8. The summed E-state index contributed by atoms with van der Waals surface area (Å²) in [6.07, 6.45) is 1.48. The quantitative estimate of drug-likeness (QED) is 0.567. The Morgan fingerprint density at radius 2 is 1.84 bits per heavy atom. The zero-order valence-corrected chi connectivity index (χ0v) is 17.8. The number of carbonyl (C=O) groups is 2. The fourth-order valence-corrected chi connectivity index (χ4v) is 2.79. The summed E-state index contributed by atoms with van der Waals surface area (Å²) in [6.45, 7) is 5.60. The molecule has 1 amide bonds. The minimum atomic E-state index is -0.468. The number of nitrogens with zero attached hydrogens (tertiary/aromatic N) is 2. The van der Waals surface area contributed by atoms with Crippen molar-refractivity contribution >= 4 is 17.6 Å². The topological polar surface area (TPSA) is 99.6 Å². The van der Waals surface area contributed by atoms with Crippen LogP contribution in [-0.4, -0.2) is 35.6 Å². The molecule has 8 nitrogen and oxygen atoms in total. The molecule has 0 aliphatic rings. The van der Waals surface area contributed by atoms with E-state index in [-0.39, 0.29) is 12.3 Å². The van der Waals surface area contributed by atoms with Gasteiger partial charge in [0.2, 0.25) is 5.88 Å². The predicted octanol–water partition coefficient (Wildman–Crippen LogP) is 4.32. The molecule has 0 spiro atoms. The second kappa shape index (κ2) is 9.71. The number of rotatable bonds is 7. The lowest BCUT2D eigenvalue weighted by Crippen LogP contribution is -2.16. The van der Waals surface area contributed by atoms with Gasteiger partial charge in [0.15, 0.2) is 11.5 Å². The van der Waals surface area contributed by atoms with Crippen molar-refractivity contribution < 1.29 is 23.8 Å². The van der Waals surface area contributed by atoms with Crippen LogP contribution in [0.5, 0.6) is 17.4 Å². The molecule has 2 heterocycles. The highest BCUT2D eigenvalue weighted by molar-refractivity contribution is 6.03. The van der Waals surface area contributed by atoms with Crippen molar-refractivity contribution in [1.82, 2.24) is 9.97 Å². The Morgan fingerprint density at radius 1 is 1.03 bits per heavy atom. The van der Waals surface area contributed by atoms with Gasteiger partial charge in [-0.05, 0) is 56.7 Å². The molecule has 0 bridgehead atoms. The molecule has 2 aromatic heterocycles. The maximum Gasteiger partial charge on any atom is 0.339 e. The molecule has 3 rings (SSSR count). The average Bonchev–Trinajstić information content (AvgIpc) is 2.76. The Hall–Kier alpha value is -3.94. The first-order valence-corrected chi connectivity index (χ1v) is 9.66. The molecule has 160 valence electrons. The van der Waals surface area contributed by atoms with Crippen LogP contribution in [0.25, 0.3) is 0 Å². The molecule has 0 radical (unpaired) electrons. The maximum atomic E-state index is 12.5. The first-order chi connectivity index (χ1) is 14.9. The Bertz CT molecular complexity index is 1100. The molecule has 0 saturated carbocycles. The molecule has 8 heteroatoms. The summed E-state index contributed by atoms with van der Waals surface area (Å²) in [5.74, 6) is 0.609. The standard InChI is InChI=1S/C23H23N3O5/c1-5-30-23(28)17-8-9-18(25-15(17)3)22(27)26-16-7-11-21(24-13-16)31-19-10-6-14(2)12-20(19)29-4/h6-13H,5H2,1-4H3,(H,26,27). The number of carbonyl (C=O) groups excluding carboxylic acids is 2. The van der Waals surface area contributed by atoms with Gasteiger partial charge in [-0.2, -0.15) is 0 Å². The summed E-state index contributed by atoms with van der Waals surface area (Å²) in [5.41, 5.74) is 2.44. The smallest absolute Gasteiger partial charge is 0.339 e. The number of esters is 1. The van der Waals surface area contributed by atoms with Crippen LogP contribution >= 0.6 is 0 Å². The monoisotopic (exact) mass is 421 g/mol. The predicted molar refractivity (Wildman–Crippen MR) is 115 cm³/mol. The molecule has 1 N–H and O–H groups in total. The lowest BCUT2D eigenvalue weighted by atomic mass is 10.2. The van der Waals surface area contributed by atoms with Crippen LogP contribution in [0.2, 0.25) is 0 Å². The molecular formula is C23H23N3O5. The lowest BCUT2D eigenvalue weighted by Gasteiger charge is -2.11. The molecule has 3 aromatic rings. The molecular weight excluding hydrogens is 398 g/mol. The van der Waals surface area contributed by atoms with Gasteiger partial charge in [0.1, 0.15) is 5.69 Å². The van der Waals surface area contributed by atoms with Gasteiger partial charge >= 0.3 is 5.97 Å². The number of hydrogen-bond acceptors (Lipinski definition) is 7. The normalized spacial score (nSPS) is 10.3. The third-order valence-corrected chi connectivity index (χ3v) is 4.34. The van der Waals surface area contributed by atoms with E-state index in [1.807, 2.05) is 19.1 Å². The van der Waals surface area contributed by atoms with E-state index < -0.39 is 11.9 Å². The molecule has 1 aromatic carbocycles. The number of hydrogen-bond donors (Lipinski definition) is 1. The SMILES string of the molecule is CCOC(=O)c1ccc(C(=O)Nc2ccc(Oc3ccc(C)cc3OC)nc2)nc1C. The largest absolute Gasteiger partial charge is 0.493 e. The van der Waals surface area contributed by atoms with Gasteiger partial charge in [-0.15, -0.1) is 0 Å². The van der Waals surface area contributed by atoms with Gasteiger partial charge < -0.3 is 19.5 Å². The number of amides is 1. The molecule has 0 aliphatic heterocycles. The highest BCUT2D eigenvalue weighted by Crippen LogP contribution is 2.31. The maximum absolute atomic E-state index is 12.5. The lowest BCUT2D eigenvalue weighted by molar-refractivity contribution is 0.0524. The molecule has 0 atom stereocenters. The summed E-state index contributed by atoms with van der Waals surface area (Å²) in [4.78, 5) is 32.8. The Balaban J connectivity index is 1.68. The highest BCUT2D eigenvalue weighted by Gasteiger charge is 2.15. The van der Waals surface area contributed by atoms with Crippen LogP contribution in [0.3, 0.4) is 0 Å². The summed E-state index contributed by atoms with van der Waals surface area (Å²) < 4.78 is 16.1. The molecule has 0 aliphatic carbocycles. The van der Waals surface area contributed by atoms with Crippen molar-refractivity contribution in [1.29, 1.82) is 0 Å². The van der Waals surface area contributed by atoms with Crippen LogP contribution in [-0.2, 0) is 4.74 Å². The number of pyridine rings is 2. The number of aryl methyl sites for hydroxylation is 2. The van der Waals surface area contributed by atoms with E-state index in [2.05, 4.69) is 15.3 Å². The third-order valence-electron chi connectivity index (χ3n) is 4.34. The zero-order valence-electron chi connectivity index (χ0n) is 17.8. The minimum Gasteiger partial charge on any atom is -0.493 e. The van der Waals surface area contributed by atoms with Gasteiger partial charge in [0, 0.05) is 6.07 Å². The highest BCUT2D eigenvalue weighted by atomic mass is 16.5. The first-order valence-electron chi connectivity index (χ1n) is 9.66. The van der Waals surface area contributed by atoms with Crippen LogP contribution < -0.4 is 14.8 Å². The Morgan fingerprint density at radius 3 is 2.48 bits per heavy atom. The number of benzene rings is 1. The van der Waals surface area contributed by atoms with Crippen molar-refractivity contribution in [2.24, 2.45) is 0 Å². The minimum absolute atomic E-state index is 0.176. The van der Waals surface area contributed by atoms with E-state index >= 15 is 0 Å². The van der Waals surface area contributed by atoms with E-state index in [4.69, 9.17) is 14.2 Å². The fraction of sp³-hybridized carbons (Fsp3) is 0.217. The van der Waals surface area contributed by atoms with E-state index in [0.717, 1.165) is 5.56 Å². The van der Waals surface area contributed by atoms with Gasteiger partial charge in [0.05, 0.1) is 36.9 Å². The summed E-state index contributed by atoms with van der Waals surface area (Å²) >= 11 is 0. The number of anilines is 1. The van der Waals surface area contributed by atoms with E-state index in [1.165, 1.54) is 18.3 Å². The molecule has 31 heavy (non-hydrogen) atoms. The summed E-state index contributed by atoms with van der Waals surface area (Å²) in [7, 11) is 1.57. The van der Waals surface area contributed by atoms with Crippen LogP contribution in [0.1, 0.15) is 39.0 Å². The second-order valence-corrected chi connectivity index (χ2v) is 6.65. The van der Waals surface area contributed by atoms with Crippen LogP contribution in [0.15, 0.2) is 48.7 Å². The second-order valence-electron chi connectivity index (χ2n) is 6.65. The van der Waals surface area contributed by atoms with Crippen molar-refractivity contribution in [3.63, 3.8) is 0 Å². The van der Waals surface area contributed by atoms with Crippen molar-refractivity contribution in [3.05, 3.63) is 71.2 Å². The molecule has 0 saturated heterocycles. The van der Waals surface area contributed by atoms with E-state index in [9.17, 15) is 9.59 Å². The Labute approximate surface area is 180 Å². The van der Waals surface area contributed by atoms with Crippen LogP contribution in [0.4, 0.5) is 5.69 Å². The van der Waals surface area contributed by atoms with Crippen molar-refractivity contribution in [2.75, 3.05) is 19.0 Å². The van der Waals surface area contributed by atoms with Gasteiger partial charge in [-0.25, -0.2) is 14.8 Å². The number of methoxy groups -OCH3 is 1. The van der Waals surface area contributed by atoms with Gasteiger partial charge in [-0.1, -0.05) is 6.07 Å². The molecule has 0 unspecified atom stereocenters. The third kappa shape index (κ3) is 5.36. The molecule has 0 fully saturated rings. The fourth-order valence-electron chi connectivity index (χ4n) is 2.79.